The van der Waals surface area contributed by atoms with Crippen LogP contribution in [0.5, 0.6) is 0 Å². The molecule has 0 fully saturated rings. The second-order valence-electron chi connectivity index (χ2n) is 6.00. The topological polar surface area (TPSA) is 116 Å². The van der Waals surface area contributed by atoms with E-state index >= 15 is 0 Å². The SMILES string of the molecule is N#Cc1ccc(S(=O)(=O)Nc2ccc(Cl)c(S(=O)(=O)Nc3ccc(Cl)cc3)c2)cc1. The smallest absolute Gasteiger partial charge is 0.263 e. The molecule has 0 aliphatic heterocycles. The number of hydrogen-bond acceptors (Lipinski definition) is 5. The number of hydrogen-bond donors (Lipinski definition) is 2. The van der Waals surface area contributed by atoms with Crippen molar-refractivity contribution in [1.29, 1.82) is 5.26 Å². The second-order valence-corrected chi connectivity index (χ2v) is 10.2. The van der Waals surface area contributed by atoms with Crippen LogP contribution in [-0.4, -0.2) is 16.8 Å². The number of nitriles is 1. The molecule has 154 valence electrons. The monoisotopic (exact) mass is 481 g/mol. The van der Waals surface area contributed by atoms with Gasteiger partial charge in [-0.1, -0.05) is 23.2 Å². The van der Waals surface area contributed by atoms with Gasteiger partial charge in [-0.15, -0.1) is 0 Å². The van der Waals surface area contributed by atoms with Crippen LogP contribution in [0.4, 0.5) is 11.4 Å². The quantitative estimate of drug-likeness (QED) is 0.538. The normalized spacial score (nSPS) is 11.5. The molecular weight excluding hydrogens is 469 g/mol. The van der Waals surface area contributed by atoms with Crippen molar-refractivity contribution in [2.75, 3.05) is 9.44 Å². The first-order valence-corrected chi connectivity index (χ1v) is 11.9. The van der Waals surface area contributed by atoms with Gasteiger partial charge in [-0.05, 0) is 66.7 Å². The van der Waals surface area contributed by atoms with E-state index in [1.54, 1.807) is 0 Å². The van der Waals surface area contributed by atoms with Crippen molar-refractivity contribution >= 4 is 54.6 Å². The first-order chi connectivity index (χ1) is 14.1. The first kappa shape index (κ1) is 21.9. The van der Waals surface area contributed by atoms with Gasteiger partial charge in [0.2, 0.25) is 0 Å². The molecule has 0 saturated heterocycles. The Bertz CT molecular complexity index is 1330. The lowest BCUT2D eigenvalue weighted by molar-refractivity contribution is 0.598. The average Bonchev–Trinajstić information content (AvgIpc) is 2.71. The van der Waals surface area contributed by atoms with E-state index in [9.17, 15) is 16.8 Å². The maximum atomic E-state index is 12.7. The molecule has 11 heteroatoms. The summed E-state index contributed by atoms with van der Waals surface area (Å²) < 4.78 is 55.3. The maximum absolute atomic E-state index is 12.7. The Balaban J connectivity index is 1.90. The van der Waals surface area contributed by atoms with E-state index in [1.165, 1.54) is 60.7 Å². The summed E-state index contributed by atoms with van der Waals surface area (Å²) in [4.78, 5) is -0.390. The van der Waals surface area contributed by atoms with Crippen LogP contribution in [0.3, 0.4) is 0 Å². The van der Waals surface area contributed by atoms with Gasteiger partial charge >= 0.3 is 0 Å². The zero-order valence-corrected chi connectivity index (χ0v) is 18.1. The summed E-state index contributed by atoms with van der Waals surface area (Å²) in [6.45, 7) is 0. The molecule has 3 aromatic rings. The van der Waals surface area contributed by atoms with Crippen molar-refractivity contribution in [2.45, 2.75) is 9.79 Å². The number of rotatable bonds is 6. The summed E-state index contributed by atoms with van der Waals surface area (Å²) in [6, 6.07) is 16.9. The van der Waals surface area contributed by atoms with Crippen LogP contribution in [0.2, 0.25) is 10.0 Å². The van der Waals surface area contributed by atoms with Gasteiger partial charge in [-0.3, -0.25) is 9.44 Å². The number of anilines is 2. The Morgan fingerprint density at radius 2 is 1.30 bits per heavy atom. The molecule has 0 radical (unpaired) electrons. The van der Waals surface area contributed by atoms with Crippen LogP contribution in [0.15, 0.2) is 76.5 Å². The van der Waals surface area contributed by atoms with Crippen LogP contribution in [-0.2, 0) is 20.0 Å². The molecule has 0 bridgehead atoms. The summed E-state index contributed by atoms with van der Waals surface area (Å²) in [6.07, 6.45) is 0. The molecule has 0 aliphatic rings. The van der Waals surface area contributed by atoms with Crippen LogP contribution >= 0.6 is 23.2 Å². The van der Waals surface area contributed by atoms with Crippen LogP contribution in [0.1, 0.15) is 5.56 Å². The highest BCUT2D eigenvalue weighted by Crippen LogP contribution is 2.28. The molecule has 0 aromatic heterocycles. The zero-order chi connectivity index (χ0) is 21.9. The van der Waals surface area contributed by atoms with E-state index in [0.717, 1.165) is 6.07 Å². The van der Waals surface area contributed by atoms with E-state index in [-0.39, 0.29) is 26.2 Å². The standard InChI is InChI=1S/C19H13Cl2N3O4S2/c20-14-3-5-15(6-4-14)23-30(27,28)19-11-16(7-10-18(19)21)24-29(25,26)17-8-1-13(12-22)2-9-17/h1-11,23-24H. The number of halogens is 2. The summed E-state index contributed by atoms with van der Waals surface area (Å²) in [5.74, 6) is 0. The zero-order valence-electron chi connectivity index (χ0n) is 15.0. The Hall–Kier alpha value is -2.77. The van der Waals surface area contributed by atoms with E-state index in [0.29, 0.717) is 10.6 Å². The molecule has 0 amide bonds. The van der Waals surface area contributed by atoms with Crippen molar-refractivity contribution in [3.63, 3.8) is 0 Å². The minimum Gasteiger partial charge on any atom is -0.280 e. The minimum atomic E-state index is -4.10. The fourth-order valence-corrected chi connectivity index (χ4v) is 5.18. The molecule has 0 heterocycles. The molecule has 2 N–H and O–H groups in total. The first-order valence-electron chi connectivity index (χ1n) is 8.22. The third-order valence-corrected chi connectivity index (χ3v) is 7.38. The Kier molecular flexibility index (Phi) is 6.24. The van der Waals surface area contributed by atoms with Gasteiger partial charge in [-0.25, -0.2) is 16.8 Å². The fraction of sp³-hybridized carbons (Fsp3) is 0. The third kappa shape index (κ3) is 5.04. The van der Waals surface area contributed by atoms with Gasteiger partial charge in [0.15, 0.2) is 0 Å². The lowest BCUT2D eigenvalue weighted by Crippen LogP contribution is -2.16. The van der Waals surface area contributed by atoms with Gasteiger partial charge in [0.25, 0.3) is 20.0 Å². The lowest BCUT2D eigenvalue weighted by atomic mass is 10.2. The van der Waals surface area contributed by atoms with Gasteiger partial charge in [0.1, 0.15) is 4.90 Å². The Labute approximate surface area is 184 Å². The molecule has 0 spiro atoms. The molecule has 7 nitrogen and oxygen atoms in total. The molecule has 30 heavy (non-hydrogen) atoms. The number of benzene rings is 3. The lowest BCUT2D eigenvalue weighted by Gasteiger charge is -2.13. The molecule has 0 unspecified atom stereocenters. The predicted octanol–water partition coefficient (Wildman–Crippen LogP) is 4.47. The summed E-state index contributed by atoms with van der Waals surface area (Å²) in [5, 5.41) is 9.18. The van der Waals surface area contributed by atoms with E-state index in [4.69, 9.17) is 28.5 Å². The third-order valence-electron chi connectivity index (χ3n) is 3.86. The maximum Gasteiger partial charge on any atom is 0.263 e. The Morgan fingerprint density at radius 1 is 0.733 bits per heavy atom. The van der Waals surface area contributed by atoms with Crippen molar-refractivity contribution in [1.82, 2.24) is 0 Å². The fourth-order valence-electron chi connectivity index (χ4n) is 2.42. The molecule has 0 saturated carbocycles. The van der Waals surface area contributed by atoms with Crippen molar-refractivity contribution in [3.8, 4) is 6.07 Å². The molecular formula is C19H13Cl2N3O4S2. The molecule has 3 rings (SSSR count). The Morgan fingerprint density at radius 3 is 1.90 bits per heavy atom. The minimum absolute atomic E-state index is 0.000223. The van der Waals surface area contributed by atoms with Crippen LogP contribution in [0.25, 0.3) is 0 Å². The van der Waals surface area contributed by atoms with Gasteiger partial charge in [-0.2, -0.15) is 5.26 Å². The highest BCUT2D eigenvalue weighted by Gasteiger charge is 2.21. The largest absolute Gasteiger partial charge is 0.280 e. The van der Waals surface area contributed by atoms with Gasteiger partial charge in [0, 0.05) is 10.7 Å². The van der Waals surface area contributed by atoms with E-state index < -0.39 is 20.0 Å². The highest BCUT2D eigenvalue weighted by atomic mass is 35.5. The summed E-state index contributed by atoms with van der Waals surface area (Å²) in [7, 11) is -8.11. The van der Waals surface area contributed by atoms with Crippen molar-refractivity contribution < 1.29 is 16.8 Å². The number of nitrogens with zero attached hydrogens (tertiary/aromatic N) is 1. The molecule has 0 aliphatic carbocycles. The van der Waals surface area contributed by atoms with E-state index in [2.05, 4.69) is 9.44 Å². The summed E-state index contributed by atoms with van der Waals surface area (Å²) in [5.41, 5.74) is 0.571. The van der Waals surface area contributed by atoms with Crippen molar-refractivity contribution in [3.05, 3.63) is 82.3 Å². The van der Waals surface area contributed by atoms with Crippen LogP contribution in [0, 0.1) is 11.3 Å². The number of sulfonamides is 2. The predicted molar refractivity (Wildman–Crippen MR) is 116 cm³/mol. The molecule has 0 atom stereocenters. The van der Waals surface area contributed by atoms with Crippen LogP contribution < -0.4 is 9.44 Å². The average molecular weight is 482 g/mol. The second kappa shape index (κ2) is 8.53. The van der Waals surface area contributed by atoms with Gasteiger partial charge < -0.3 is 0 Å². The van der Waals surface area contributed by atoms with E-state index in [1.807, 2.05) is 6.07 Å². The van der Waals surface area contributed by atoms with Crippen molar-refractivity contribution in [2.24, 2.45) is 0 Å². The summed E-state index contributed by atoms with van der Waals surface area (Å²) >= 11 is 11.8. The van der Waals surface area contributed by atoms with Gasteiger partial charge in [0.05, 0.1) is 27.2 Å². The molecule has 3 aromatic carbocycles. The highest BCUT2D eigenvalue weighted by molar-refractivity contribution is 7.93. The number of nitrogens with one attached hydrogen (secondary N) is 2.